The number of aryl methyl sites for hydroxylation is 2. The van der Waals surface area contributed by atoms with Gasteiger partial charge in [0.1, 0.15) is 0 Å². The summed E-state index contributed by atoms with van der Waals surface area (Å²) < 4.78 is 23.6. The SMILES string of the molecule is O=C1C[C@H]2CS(=O)(=O)C[C@H]2N1c1ccc2c(c1)CCC2. The summed E-state index contributed by atoms with van der Waals surface area (Å²) >= 11 is 0. The van der Waals surface area contributed by atoms with E-state index in [1.165, 1.54) is 17.5 Å². The van der Waals surface area contributed by atoms with Gasteiger partial charge in [0.2, 0.25) is 5.91 Å². The third-order valence-corrected chi connectivity index (χ3v) is 6.62. The Bertz CT molecular complexity index is 695. The Balaban J connectivity index is 1.72. The molecular weight excluding hydrogens is 274 g/mol. The van der Waals surface area contributed by atoms with Crippen molar-refractivity contribution in [3.05, 3.63) is 29.3 Å². The van der Waals surface area contributed by atoms with Crippen molar-refractivity contribution in [3.8, 4) is 0 Å². The van der Waals surface area contributed by atoms with Crippen molar-refractivity contribution in [2.24, 2.45) is 5.92 Å². The molecule has 20 heavy (non-hydrogen) atoms. The summed E-state index contributed by atoms with van der Waals surface area (Å²) in [5.41, 5.74) is 3.58. The van der Waals surface area contributed by atoms with Crippen molar-refractivity contribution in [1.82, 2.24) is 0 Å². The maximum absolute atomic E-state index is 12.2. The van der Waals surface area contributed by atoms with Crippen LogP contribution in [-0.2, 0) is 27.5 Å². The van der Waals surface area contributed by atoms with Crippen LogP contribution in [0.15, 0.2) is 18.2 Å². The van der Waals surface area contributed by atoms with Gasteiger partial charge in [0.15, 0.2) is 9.84 Å². The van der Waals surface area contributed by atoms with Crippen LogP contribution >= 0.6 is 0 Å². The Morgan fingerprint density at radius 3 is 2.75 bits per heavy atom. The molecule has 0 saturated carbocycles. The summed E-state index contributed by atoms with van der Waals surface area (Å²) in [5, 5.41) is 0. The first kappa shape index (κ1) is 12.4. The number of carbonyl (C=O) groups is 1. The predicted molar refractivity (Wildman–Crippen MR) is 76.5 cm³/mol. The van der Waals surface area contributed by atoms with Gasteiger partial charge in [-0.2, -0.15) is 0 Å². The van der Waals surface area contributed by atoms with Crippen molar-refractivity contribution in [1.29, 1.82) is 0 Å². The van der Waals surface area contributed by atoms with Crippen LogP contribution < -0.4 is 4.90 Å². The van der Waals surface area contributed by atoms with Crippen LogP contribution in [0.2, 0.25) is 0 Å². The predicted octanol–water partition coefficient (Wildman–Crippen LogP) is 1.33. The van der Waals surface area contributed by atoms with Crippen LogP contribution in [0.3, 0.4) is 0 Å². The van der Waals surface area contributed by atoms with E-state index in [0.29, 0.717) is 6.42 Å². The lowest BCUT2D eigenvalue weighted by molar-refractivity contribution is -0.117. The first-order chi connectivity index (χ1) is 9.53. The molecule has 0 radical (unpaired) electrons. The second-order valence-electron chi connectivity index (χ2n) is 6.18. The minimum atomic E-state index is -2.98. The van der Waals surface area contributed by atoms with E-state index in [2.05, 4.69) is 12.1 Å². The van der Waals surface area contributed by atoms with E-state index in [1.807, 2.05) is 6.07 Å². The number of anilines is 1. The molecule has 2 heterocycles. The lowest BCUT2D eigenvalue weighted by Gasteiger charge is -2.24. The number of nitrogens with zero attached hydrogens (tertiary/aromatic N) is 1. The first-order valence-corrected chi connectivity index (χ1v) is 9.00. The number of sulfone groups is 1. The zero-order chi connectivity index (χ0) is 13.9. The molecule has 0 bridgehead atoms. The molecule has 106 valence electrons. The summed E-state index contributed by atoms with van der Waals surface area (Å²) in [6.45, 7) is 0. The molecule has 2 aliphatic heterocycles. The molecule has 2 fully saturated rings. The second kappa shape index (κ2) is 4.07. The molecule has 2 atom stereocenters. The minimum absolute atomic E-state index is 0.0132. The van der Waals surface area contributed by atoms with Gasteiger partial charge in [-0.15, -0.1) is 0 Å². The summed E-state index contributed by atoms with van der Waals surface area (Å²) in [5.74, 6) is 0.360. The Hall–Kier alpha value is -1.36. The van der Waals surface area contributed by atoms with Crippen LogP contribution in [0.1, 0.15) is 24.0 Å². The van der Waals surface area contributed by atoms with E-state index in [9.17, 15) is 13.2 Å². The van der Waals surface area contributed by atoms with E-state index in [-0.39, 0.29) is 29.4 Å². The maximum atomic E-state index is 12.2. The zero-order valence-electron chi connectivity index (χ0n) is 11.2. The fourth-order valence-electron chi connectivity index (χ4n) is 3.93. The lowest BCUT2D eigenvalue weighted by atomic mass is 10.0. The van der Waals surface area contributed by atoms with Crippen molar-refractivity contribution in [2.45, 2.75) is 31.7 Å². The quantitative estimate of drug-likeness (QED) is 0.784. The number of hydrogen-bond donors (Lipinski definition) is 0. The third-order valence-electron chi connectivity index (χ3n) is 4.83. The van der Waals surface area contributed by atoms with Gasteiger partial charge in [-0.3, -0.25) is 4.79 Å². The highest BCUT2D eigenvalue weighted by Gasteiger charge is 2.49. The van der Waals surface area contributed by atoms with Crippen LogP contribution in [0, 0.1) is 5.92 Å². The van der Waals surface area contributed by atoms with Crippen LogP contribution in [0.25, 0.3) is 0 Å². The molecule has 1 aromatic rings. The minimum Gasteiger partial charge on any atom is -0.308 e. The van der Waals surface area contributed by atoms with Crippen molar-refractivity contribution < 1.29 is 13.2 Å². The maximum Gasteiger partial charge on any atom is 0.227 e. The van der Waals surface area contributed by atoms with Gasteiger partial charge in [-0.25, -0.2) is 8.42 Å². The Labute approximate surface area is 118 Å². The third kappa shape index (κ3) is 1.79. The molecule has 4 rings (SSSR count). The first-order valence-electron chi connectivity index (χ1n) is 7.18. The number of hydrogen-bond acceptors (Lipinski definition) is 3. The number of benzene rings is 1. The van der Waals surface area contributed by atoms with Crippen LogP contribution in [0.5, 0.6) is 0 Å². The molecule has 1 amide bonds. The van der Waals surface area contributed by atoms with Gasteiger partial charge >= 0.3 is 0 Å². The molecule has 5 heteroatoms. The molecule has 2 saturated heterocycles. The van der Waals surface area contributed by atoms with E-state index in [1.54, 1.807) is 4.90 Å². The summed E-state index contributed by atoms with van der Waals surface area (Å²) in [6.07, 6.45) is 3.73. The summed E-state index contributed by atoms with van der Waals surface area (Å²) in [4.78, 5) is 14.0. The number of rotatable bonds is 1. The molecule has 3 aliphatic rings. The van der Waals surface area contributed by atoms with Crippen LogP contribution in [0.4, 0.5) is 5.69 Å². The van der Waals surface area contributed by atoms with E-state index in [0.717, 1.165) is 18.5 Å². The number of amides is 1. The average Bonchev–Trinajstić information content (AvgIpc) is 3.00. The molecule has 0 spiro atoms. The van der Waals surface area contributed by atoms with E-state index in [4.69, 9.17) is 0 Å². The fraction of sp³-hybridized carbons (Fsp3) is 0.533. The smallest absolute Gasteiger partial charge is 0.227 e. The highest BCUT2D eigenvalue weighted by atomic mass is 32.2. The van der Waals surface area contributed by atoms with Gasteiger partial charge in [0.25, 0.3) is 0 Å². The Morgan fingerprint density at radius 2 is 1.90 bits per heavy atom. The highest BCUT2D eigenvalue weighted by Crippen LogP contribution is 2.38. The Morgan fingerprint density at radius 1 is 1.10 bits per heavy atom. The van der Waals surface area contributed by atoms with Gasteiger partial charge in [0.05, 0.1) is 17.5 Å². The standard InChI is InChI=1S/C15H17NO3S/c17-15-7-12-8-20(18,19)9-14(12)16(15)13-5-4-10-2-1-3-11(10)6-13/h4-6,12,14H,1-3,7-9H2/t12-,14+/m0/s1. The van der Waals surface area contributed by atoms with Crippen molar-refractivity contribution >= 4 is 21.4 Å². The largest absolute Gasteiger partial charge is 0.308 e. The summed E-state index contributed by atoms with van der Waals surface area (Å²) in [7, 11) is -2.98. The van der Waals surface area contributed by atoms with Crippen molar-refractivity contribution in [2.75, 3.05) is 16.4 Å². The lowest BCUT2D eigenvalue weighted by Crippen LogP contribution is -2.36. The molecule has 0 N–H and O–H groups in total. The fourth-order valence-corrected chi connectivity index (χ4v) is 6.00. The highest BCUT2D eigenvalue weighted by molar-refractivity contribution is 7.91. The zero-order valence-corrected chi connectivity index (χ0v) is 12.0. The molecule has 4 nitrogen and oxygen atoms in total. The average molecular weight is 291 g/mol. The molecular formula is C15H17NO3S. The van der Waals surface area contributed by atoms with Gasteiger partial charge in [0, 0.05) is 18.0 Å². The number of carbonyl (C=O) groups excluding carboxylic acids is 1. The van der Waals surface area contributed by atoms with Gasteiger partial charge < -0.3 is 4.90 Å². The van der Waals surface area contributed by atoms with Crippen LogP contribution in [-0.4, -0.2) is 31.9 Å². The number of fused-ring (bicyclic) bond motifs is 2. The monoisotopic (exact) mass is 291 g/mol. The van der Waals surface area contributed by atoms with E-state index < -0.39 is 9.84 Å². The summed E-state index contributed by atoms with van der Waals surface area (Å²) in [6, 6.07) is 6.02. The van der Waals surface area contributed by atoms with Gasteiger partial charge in [-0.05, 0) is 42.5 Å². The topological polar surface area (TPSA) is 54.5 Å². The van der Waals surface area contributed by atoms with E-state index >= 15 is 0 Å². The second-order valence-corrected chi connectivity index (χ2v) is 8.33. The Kier molecular flexibility index (Phi) is 2.52. The molecule has 0 unspecified atom stereocenters. The van der Waals surface area contributed by atoms with Crippen molar-refractivity contribution in [3.63, 3.8) is 0 Å². The molecule has 0 aromatic heterocycles. The molecule has 1 aliphatic carbocycles. The normalized spacial score (nSPS) is 30.6. The van der Waals surface area contributed by atoms with Gasteiger partial charge in [-0.1, -0.05) is 6.07 Å². The molecule has 1 aromatic carbocycles.